The van der Waals surface area contributed by atoms with E-state index in [0.29, 0.717) is 13.0 Å². The van der Waals surface area contributed by atoms with Crippen molar-refractivity contribution < 1.29 is 14.3 Å². The molecule has 3 heteroatoms. The maximum atomic E-state index is 11.2. The summed E-state index contributed by atoms with van der Waals surface area (Å²) < 4.78 is 4.88. The Morgan fingerprint density at radius 1 is 1.67 bits per heavy atom. The van der Waals surface area contributed by atoms with E-state index in [1.54, 1.807) is 0 Å². The smallest absolute Gasteiger partial charge is 0.309 e. The van der Waals surface area contributed by atoms with Crippen LogP contribution in [0.2, 0.25) is 0 Å². The van der Waals surface area contributed by atoms with Crippen molar-refractivity contribution in [3.63, 3.8) is 0 Å². The van der Waals surface area contributed by atoms with Crippen molar-refractivity contribution in [2.45, 2.75) is 26.2 Å². The highest BCUT2D eigenvalue weighted by Gasteiger charge is 2.32. The van der Waals surface area contributed by atoms with Crippen molar-refractivity contribution in [2.24, 2.45) is 11.8 Å². The molecule has 0 unspecified atom stereocenters. The van der Waals surface area contributed by atoms with E-state index in [4.69, 9.17) is 4.74 Å². The first kappa shape index (κ1) is 9.23. The summed E-state index contributed by atoms with van der Waals surface area (Å²) in [6, 6.07) is 0. The summed E-state index contributed by atoms with van der Waals surface area (Å²) in [5, 5.41) is 0. The van der Waals surface area contributed by atoms with Crippen molar-refractivity contribution >= 4 is 12.3 Å². The molecule has 0 aromatic heterocycles. The maximum Gasteiger partial charge on any atom is 0.309 e. The molecule has 68 valence electrons. The highest BCUT2D eigenvalue weighted by molar-refractivity contribution is 5.77. The first-order valence-corrected chi connectivity index (χ1v) is 4.41. The van der Waals surface area contributed by atoms with Crippen molar-refractivity contribution in [2.75, 3.05) is 6.61 Å². The summed E-state index contributed by atoms with van der Waals surface area (Å²) >= 11 is 0. The number of aldehydes is 1. The molecule has 1 rings (SSSR count). The molecule has 0 N–H and O–H groups in total. The summed E-state index contributed by atoms with van der Waals surface area (Å²) in [4.78, 5) is 21.8. The van der Waals surface area contributed by atoms with Gasteiger partial charge in [-0.3, -0.25) is 4.79 Å². The van der Waals surface area contributed by atoms with Gasteiger partial charge in [-0.1, -0.05) is 13.3 Å². The van der Waals surface area contributed by atoms with Crippen LogP contribution in [0.1, 0.15) is 26.2 Å². The number of esters is 1. The van der Waals surface area contributed by atoms with E-state index in [1.807, 2.05) is 6.92 Å². The highest BCUT2D eigenvalue weighted by Crippen LogP contribution is 2.25. The molecular formula is C9H14O3. The second-order valence-corrected chi connectivity index (χ2v) is 3.15. The van der Waals surface area contributed by atoms with Gasteiger partial charge in [0.25, 0.3) is 0 Å². The standard InChI is InChI=1S/C9H14O3/c1-2-3-8-7(6-10)4-5-12-9(8)11/h6-8H,2-5H2,1H3/t7-,8-/m0/s1. The van der Waals surface area contributed by atoms with Crippen LogP contribution in [0.5, 0.6) is 0 Å². The molecule has 0 radical (unpaired) electrons. The van der Waals surface area contributed by atoms with Gasteiger partial charge >= 0.3 is 5.97 Å². The lowest BCUT2D eigenvalue weighted by Gasteiger charge is -2.25. The van der Waals surface area contributed by atoms with E-state index in [9.17, 15) is 9.59 Å². The van der Waals surface area contributed by atoms with E-state index >= 15 is 0 Å². The van der Waals surface area contributed by atoms with E-state index < -0.39 is 0 Å². The molecule has 12 heavy (non-hydrogen) atoms. The first-order chi connectivity index (χ1) is 5.79. The normalized spacial score (nSPS) is 29.6. The largest absolute Gasteiger partial charge is 0.465 e. The quantitative estimate of drug-likeness (QED) is 0.471. The molecule has 0 aliphatic carbocycles. The fraction of sp³-hybridized carbons (Fsp3) is 0.778. The van der Waals surface area contributed by atoms with E-state index in [0.717, 1.165) is 19.1 Å². The second kappa shape index (κ2) is 4.24. The molecule has 0 amide bonds. The lowest BCUT2D eigenvalue weighted by Crippen LogP contribution is -2.33. The van der Waals surface area contributed by atoms with Crippen LogP contribution in [0.3, 0.4) is 0 Å². The molecule has 1 fully saturated rings. The fourth-order valence-electron chi connectivity index (χ4n) is 1.58. The van der Waals surface area contributed by atoms with Gasteiger partial charge in [-0.15, -0.1) is 0 Å². The van der Waals surface area contributed by atoms with Crippen molar-refractivity contribution in [1.82, 2.24) is 0 Å². The van der Waals surface area contributed by atoms with Crippen molar-refractivity contribution in [3.8, 4) is 0 Å². The molecule has 3 nitrogen and oxygen atoms in total. The van der Waals surface area contributed by atoms with Gasteiger partial charge in [-0.2, -0.15) is 0 Å². The summed E-state index contributed by atoms with van der Waals surface area (Å²) in [6.07, 6.45) is 3.27. The minimum absolute atomic E-state index is 0.105. The number of carbonyl (C=O) groups is 2. The Labute approximate surface area is 72.1 Å². The van der Waals surface area contributed by atoms with Gasteiger partial charge in [0, 0.05) is 5.92 Å². The monoisotopic (exact) mass is 170 g/mol. The Morgan fingerprint density at radius 2 is 2.42 bits per heavy atom. The Kier molecular flexibility index (Phi) is 3.26. The van der Waals surface area contributed by atoms with Gasteiger partial charge in [0.2, 0.25) is 0 Å². The van der Waals surface area contributed by atoms with E-state index in [2.05, 4.69) is 0 Å². The predicted octanol–water partition coefficient (Wildman–Crippen LogP) is 1.16. The van der Waals surface area contributed by atoms with E-state index in [-0.39, 0.29) is 17.8 Å². The topological polar surface area (TPSA) is 43.4 Å². The zero-order valence-corrected chi connectivity index (χ0v) is 7.29. The van der Waals surface area contributed by atoms with Crippen LogP contribution in [-0.4, -0.2) is 18.9 Å². The van der Waals surface area contributed by atoms with Crippen LogP contribution in [0, 0.1) is 11.8 Å². The molecule has 1 aliphatic heterocycles. The van der Waals surface area contributed by atoms with Crippen molar-refractivity contribution in [1.29, 1.82) is 0 Å². The zero-order chi connectivity index (χ0) is 8.97. The number of cyclic esters (lactones) is 1. The highest BCUT2D eigenvalue weighted by atomic mass is 16.5. The molecule has 1 aliphatic rings. The summed E-state index contributed by atoms with van der Waals surface area (Å²) in [6.45, 7) is 2.41. The van der Waals surface area contributed by atoms with Gasteiger partial charge in [-0.25, -0.2) is 0 Å². The van der Waals surface area contributed by atoms with Gasteiger partial charge in [0.05, 0.1) is 12.5 Å². The second-order valence-electron chi connectivity index (χ2n) is 3.15. The molecule has 0 saturated carbocycles. The van der Waals surface area contributed by atoms with Crippen LogP contribution < -0.4 is 0 Å². The predicted molar refractivity (Wildman–Crippen MR) is 43.5 cm³/mol. The van der Waals surface area contributed by atoms with Gasteiger partial charge in [0.15, 0.2) is 0 Å². The molecular weight excluding hydrogens is 156 g/mol. The summed E-state index contributed by atoms with van der Waals surface area (Å²) in [7, 11) is 0. The van der Waals surface area contributed by atoms with Crippen LogP contribution in [0.4, 0.5) is 0 Å². The SMILES string of the molecule is CCC[C@@H]1C(=O)OCC[C@H]1C=O. The van der Waals surface area contributed by atoms with Gasteiger partial charge < -0.3 is 9.53 Å². The first-order valence-electron chi connectivity index (χ1n) is 4.41. The summed E-state index contributed by atoms with van der Waals surface area (Å²) in [5.74, 6) is -0.479. The van der Waals surface area contributed by atoms with Gasteiger partial charge in [-0.05, 0) is 12.8 Å². The molecule has 1 heterocycles. The Morgan fingerprint density at radius 3 is 3.00 bits per heavy atom. The molecule has 0 aromatic rings. The fourth-order valence-corrected chi connectivity index (χ4v) is 1.58. The molecule has 0 aromatic carbocycles. The lowest BCUT2D eigenvalue weighted by molar-refractivity contribution is -0.158. The van der Waals surface area contributed by atoms with Crippen LogP contribution in [0.15, 0.2) is 0 Å². The molecule has 1 saturated heterocycles. The third-order valence-corrected chi connectivity index (χ3v) is 2.29. The Balaban J connectivity index is 2.59. The van der Waals surface area contributed by atoms with Crippen LogP contribution in [0.25, 0.3) is 0 Å². The Hall–Kier alpha value is -0.860. The number of hydrogen-bond acceptors (Lipinski definition) is 3. The molecule has 0 bridgehead atoms. The average molecular weight is 170 g/mol. The minimum atomic E-state index is -0.194. The third-order valence-electron chi connectivity index (χ3n) is 2.29. The Bertz CT molecular complexity index is 177. The molecule has 2 atom stereocenters. The van der Waals surface area contributed by atoms with Crippen molar-refractivity contribution in [3.05, 3.63) is 0 Å². The van der Waals surface area contributed by atoms with Crippen LogP contribution >= 0.6 is 0 Å². The number of carbonyl (C=O) groups excluding carboxylic acids is 2. The minimum Gasteiger partial charge on any atom is -0.465 e. The molecule has 0 spiro atoms. The number of rotatable bonds is 3. The van der Waals surface area contributed by atoms with E-state index in [1.165, 1.54) is 0 Å². The summed E-state index contributed by atoms with van der Waals surface area (Å²) in [5.41, 5.74) is 0. The maximum absolute atomic E-state index is 11.2. The lowest BCUT2D eigenvalue weighted by atomic mass is 9.86. The third kappa shape index (κ3) is 1.84. The number of ether oxygens (including phenoxy) is 1. The number of hydrogen-bond donors (Lipinski definition) is 0. The van der Waals surface area contributed by atoms with Gasteiger partial charge in [0.1, 0.15) is 6.29 Å². The van der Waals surface area contributed by atoms with Crippen LogP contribution in [-0.2, 0) is 14.3 Å². The zero-order valence-electron chi connectivity index (χ0n) is 7.29. The average Bonchev–Trinajstić information content (AvgIpc) is 2.09.